The van der Waals surface area contributed by atoms with Gasteiger partial charge >= 0.3 is 11.8 Å². The molecule has 0 aromatic carbocycles. The van der Waals surface area contributed by atoms with Crippen LogP contribution >= 0.6 is 0 Å². The highest BCUT2D eigenvalue weighted by Gasteiger charge is 2.39. The van der Waals surface area contributed by atoms with Gasteiger partial charge in [-0.2, -0.15) is 0 Å². The number of nitrogens with zero attached hydrogens (tertiary/aromatic N) is 3. The van der Waals surface area contributed by atoms with Crippen molar-refractivity contribution in [2.75, 3.05) is 13.1 Å². The number of carbonyl (C=O) groups is 2. The Labute approximate surface area is 136 Å². The van der Waals surface area contributed by atoms with E-state index < -0.39 is 16.5 Å². The van der Waals surface area contributed by atoms with Crippen molar-refractivity contribution in [2.45, 2.75) is 46.6 Å². The number of aryl methyl sites for hydroxylation is 1. The van der Waals surface area contributed by atoms with E-state index >= 15 is 0 Å². The third kappa shape index (κ3) is 3.20. The normalized spacial score (nSPS) is 23.4. The molecule has 0 bridgehead atoms. The molecule has 1 atom stereocenters. The molecule has 1 saturated heterocycles. The second kappa shape index (κ2) is 6.64. The number of rotatable bonds is 4. The highest BCUT2D eigenvalue weighted by atomic mass is 16.6. The number of imidazole rings is 1. The lowest BCUT2D eigenvalue weighted by Gasteiger charge is -2.39. The molecule has 0 spiro atoms. The van der Waals surface area contributed by atoms with Crippen LogP contribution in [0.25, 0.3) is 6.08 Å². The van der Waals surface area contributed by atoms with E-state index in [9.17, 15) is 14.8 Å². The number of quaternary nitrogens is 1. The number of imide groups is 1. The summed E-state index contributed by atoms with van der Waals surface area (Å²) >= 11 is 0. The van der Waals surface area contributed by atoms with Crippen LogP contribution in [0.2, 0.25) is 0 Å². The van der Waals surface area contributed by atoms with Gasteiger partial charge in [0.15, 0.2) is 0 Å². The van der Waals surface area contributed by atoms with Crippen molar-refractivity contribution < 1.29 is 14.2 Å². The molecule has 0 aliphatic carbocycles. The molecule has 2 heterocycles. The lowest BCUT2D eigenvalue weighted by atomic mass is 10.1. The quantitative estimate of drug-likeness (QED) is 0.519. The molecule has 1 aliphatic rings. The van der Waals surface area contributed by atoms with Gasteiger partial charge in [0, 0.05) is 12.2 Å². The van der Waals surface area contributed by atoms with Gasteiger partial charge < -0.3 is 15.1 Å². The minimum absolute atomic E-state index is 0.0766. The predicted molar refractivity (Wildman–Crippen MR) is 86.8 cm³/mol. The molecule has 7 nitrogen and oxygen atoms in total. The summed E-state index contributed by atoms with van der Waals surface area (Å²) in [6.07, 6.45) is 4.33. The maximum absolute atomic E-state index is 12.4. The smallest absolute Gasteiger partial charge is 0.369 e. The summed E-state index contributed by atoms with van der Waals surface area (Å²) in [6, 6.07) is 0. The average Bonchev–Trinajstić information content (AvgIpc) is 2.87. The third-order valence-electron chi connectivity index (χ3n) is 4.01. The van der Waals surface area contributed by atoms with Gasteiger partial charge in [-0.1, -0.05) is 20.8 Å². The van der Waals surface area contributed by atoms with Crippen molar-refractivity contribution >= 4 is 17.9 Å². The van der Waals surface area contributed by atoms with Crippen molar-refractivity contribution in [3.63, 3.8) is 0 Å². The lowest BCUT2D eigenvalue weighted by Crippen LogP contribution is -2.59. The molecule has 23 heavy (non-hydrogen) atoms. The molecule has 2 rings (SSSR count). The molecule has 1 aromatic heterocycles. The van der Waals surface area contributed by atoms with Crippen molar-refractivity contribution in [1.82, 2.24) is 14.9 Å². The Hall–Kier alpha value is -1.99. The Balaban J connectivity index is 2.42. The van der Waals surface area contributed by atoms with Crippen LogP contribution in [0.5, 0.6) is 0 Å². The summed E-state index contributed by atoms with van der Waals surface area (Å²) < 4.78 is 0.625. The number of hydrogen-bond acceptors (Lipinski definition) is 5. The molecule has 126 valence electrons. The topological polar surface area (TPSA) is 87.0 Å². The Morgan fingerprint density at radius 3 is 2.83 bits per heavy atom. The first kappa shape index (κ1) is 17.4. The van der Waals surface area contributed by atoms with Crippen molar-refractivity contribution in [1.29, 1.82) is 0 Å². The summed E-state index contributed by atoms with van der Waals surface area (Å²) in [7, 11) is 0. The van der Waals surface area contributed by atoms with E-state index in [0.29, 0.717) is 5.69 Å². The first-order valence-electron chi connectivity index (χ1n) is 7.97. The van der Waals surface area contributed by atoms with Gasteiger partial charge in [-0.25, -0.2) is 19.2 Å². The van der Waals surface area contributed by atoms with Crippen LogP contribution in [0.1, 0.15) is 51.4 Å². The zero-order valence-corrected chi connectivity index (χ0v) is 14.1. The van der Waals surface area contributed by atoms with E-state index in [4.69, 9.17) is 0 Å². The van der Waals surface area contributed by atoms with Crippen LogP contribution < -0.4 is 5.32 Å². The van der Waals surface area contributed by atoms with Gasteiger partial charge in [-0.3, -0.25) is 0 Å². The van der Waals surface area contributed by atoms with Crippen molar-refractivity contribution in [3.05, 3.63) is 28.6 Å². The van der Waals surface area contributed by atoms with Crippen LogP contribution in [-0.2, 0) is 16.1 Å². The molecule has 1 aliphatic heterocycles. The Kier molecular flexibility index (Phi) is 5.01. The fourth-order valence-electron chi connectivity index (χ4n) is 2.83. The standard InChI is InChI=1S/C16H24N4O3/c1-5-7-19-10-18-13(15(19)11(2)3)9-14-16(22)20(23,12(4)21)8-6-17-14/h9-11,17H,5-8H2,1-4H3. The van der Waals surface area contributed by atoms with Crippen LogP contribution in [0.15, 0.2) is 12.0 Å². The first-order chi connectivity index (χ1) is 10.8. The SMILES string of the molecule is CCCn1cnc(C=C2NCC[N+]([O-])(C(C)=O)C2=O)c1C(C)C. The van der Waals surface area contributed by atoms with Gasteiger partial charge in [0.05, 0.1) is 25.5 Å². The number of hydroxylamine groups is 3. The monoisotopic (exact) mass is 320 g/mol. The van der Waals surface area contributed by atoms with Gasteiger partial charge in [-0.05, 0) is 18.4 Å². The maximum atomic E-state index is 12.4. The summed E-state index contributed by atoms with van der Waals surface area (Å²) in [5.41, 5.74) is 1.85. The fourth-order valence-corrected chi connectivity index (χ4v) is 2.83. The largest absolute Gasteiger partial charge is 0.617 e. The summed E-state index contributed by atoms with van der Waals surface area (Å²) in [4.78, 5) is 28.3. The minimum atomic E-state index is -1.44. The Morgan fingerprint density at radius 2 is 2.26 bits per heavy atom. The Bertz CT molecular complexity index is 648. The molecule has 1 aromatic rings. The van der Waals surface area contributed by atoms with Crippen LogP contribution in [-0.4, -0.2) is 39.1 Å². The van der Waals surface area contributed by atoms with E-state index in [1.165, 1.54) is 0 Å². The minimum Gasteiger partial charge on any atom is -0.617 e. The maximum Gasteiger partial charge on any atom is 0.369 e. The number of hydrogen-bond donors (Lipinski definition) is 1. The molecule has 1 fully saturated rings. The average molecular weight is 320 g/mol. The molecule has 7 heteroatoms. The van der Waals surface area contributed by atoms with Gasteiger partial charge in [-0.15, -0.1) is 0 Å². The summed E-state index contributed by atoms with van der Waals surface area (Å²) in [5, 5.41) is 15.3. The third-order valence-corrected chi connectivity index (χ3v) is 4.01. The highest BCUT2D eigenvalue weighted by molar-refractivity contribution is 5.98. The van der Waals surface area contributed by atoms with Gasteiger partial charge in [0.25, 0.3) is 0 Å². The fraction of sp³-hybridized carbons (Fsp3) is 0.562. The first-order valence-corrected chi connectivity index (χ1v) is 7.97. The van der Waals surface area contributed by atoms with Gasteiger partial charge in [0.2, 0.25) is 0 Å². The van der Waals surface area contributed by atoms with E-state index in [2.05, 4.69) is 35.6 Å². The van der Waals surface area contributed by atoms with Crippen LogP contribution in [0, 0.1) is 5.21 Å². The van der Waals surface area contributed by atoms with Gasteiger partial charge in [0.1, 0.15) is 12.2 Å². The molecular weight excluding hydrogens is 296 g/mol. The van der Waals surface area contributed by atoms with Crippen LogP contribution in [0.4, 0.5) is 0 Å². The van der Waals surface area contributed by atoms with E-state index in [1.807, 2.05) is 0 Å². The molecule has 1 unspecified atom stereocenters. The lowest BCUT2D eigenvalue weighted by molar-refractivity contribution is -0.724. The number of amides is 2. The summed E-state index contributed by atoms with van der Waals surface area (Å²) in [5.74, 6) is -1.21. The summed E-state index contributed by atoms with van der Waals surface area (Å²) in [6.45, 7) is 8.42. The highest BCUT2D eigenvalue weighted by Crippen LogP contribution is 2.23. The van der Waals surface area contributed by atoms with E-state index in [1.54, 1.807) is 12.4 Å². The number of nitrogens with one attached hydrogen (secondary N) is 1. The molecule has 2 amide bonds. The molecule has 1 N–H and O–H groups in total. The molecular formula is C16H24N4O3. The van der Waals surface area contributed by atoms with Crippen molar-refractivity contribution in [3.8, 4) is 0 Å². The Morgan fingerprint density at radius 1 is 1.57 bits per heavy atom. The zero-order chi connectivity index (χ0) is 17.2. The molecule has 0 saturated carbocycles. The number of carbonyl (C=O) groups excluding carboxylic acids is 2. The second-order valence-corrected chi connectivity index (χ2v) is 6.14. The number of piperazine rings is 1. The molecule has 0 radical (unpaired) electrons. The zero-order valence-electron chi connectivity index (χ0n) is 14.1. The van der Waals surface area contributed by atoms with E-state index in [-0.39, 0.29) is 24.7 Å². The van der Waals surface area contributed by atoms with Crippen molar-refractivity contribution in [2.24, 2.45) is 0 Å². The van der Waals surface area contributed by atoms with Crippen LogP contribution in [0.3, 0.4) is 0 Å². The van der Waals surface area contributed by atoms with E-state index in [0.717, 1.165) is 25.6 Å². The second-order valence-electron chi connectivity index (χ2n) is 6.14. The predicted octanol–water partition coefficient (Wildman–Crippen LogP) is 1.75. The number of aromatic nitrogens is 2.